The molecule has 2 amide bonds. The Labute approximate surface area is 408 Å². The number of carbonyl (C=O) groups is 2. The van der Waals surface area contributed by atoms with E-state index in [4.69, 9.17) is 0 Å². The first-order chi connectivity index (χ1) is 24.1. The first kappa shape index (κ1) is 50.8. The molecule has 0 aliphatic heterocycles. The van der Waals surface area contributed by atoms with Gasteiger partial charge in [-0.1, -0.05) is 36.4 Å². The van der Waals surface area contributed by atoms with Gasteiger partial charge in [0.25, 0.3) is 11.8 Å². The van der Waals surface area contributed by atoms with Crippen molar-refractivity contribution in [1.29, 1.82) is 0 Å². The SMILES string of the molecule is O=C(Nc1cc(S(=O)(=O)[O-])c2cccc(S(=O)(=O)[O-])c2c1)c1ccc2ccc(C(=O)Nc3cc(S(=O)(=O)[O-])c4cccc(S(=O)(=O)[O-])c4c3)cc2c1.[Na+].[Na+].[Na+].[Na+]. The smallest absolute Gasteiger partial charge is 0.744 e. The van der Waals surface area contributed by atoms with E-state index in [0.29, 0.717) is 10.8 Å². The quantitative estimate of drug-likeness (QED) is 0.106. The normalized spacial score (nSPS) is 11.7. The average Bonchev–Trinajstić information content (AvgIpc) is 3.04. The minimum Gasteiger partial charge on any atom is -0.744 e. The monoisotopic (exact) mass is 874 g/mol. The minimum atomic E-state index is -5.23. The fourth-order valence-electron chi connectivity index (χ4n) is 5.58. The zero-order valence-electron chi connectivity index (χ0n) is 29.6. The molecule has 0 aliphatic rings. The summed E-state index contributed by atoms with van der Waals surface area (Å²) >= 11 is 0. The second-order valence-electron chi connectivity index (χ2n) is 11.2. The van der Waals surface area contributed by atoms with E-state index in [2.05, 4.69) is 10.6 Å². The molecule has 268 valence electrons. The van der Waals surface area contributed by atoms with E-state index in [1.54, 1.807) is 0 Å². The van der Waals surface area contributed by atoms with Crippen molar-refractivity contribution in [3.63, 3.8) is 0 Å². The number of nitrogens with one attached hydrogen (secondary N) is 2. The van der Waals surface area contributed by atoms with Crippen molar-refractivity contribution in [3.8, 4) is 0 Å². The van der Waals surface area contributed by atoms with Crippen LogP contribution in [0.1, 0.15) is 20.7 Å². The summed E-state index contributed by atoms with van der Waals surface area (Å²) in [5.74, 6) is -1.75. The van der Waals surface area contributed by atoms with E-state index in [-0.39, 0.29) is 152 Å². The van der Waals surface area contributed by atoms with E-state index in [0.717, 1.165) is 60.7 Å². The second-order valence-corrected chi connectivity index (χ2v) is 16.5. The molecule has 16 nitrogen and oxygen atoms in total. The molecule has 6 aromatic rings. The van der Waals surface area contributed by atoms with Crippen molar-refractivity contribution >= 4 is 96.0 Å². The first-order valence-corrected chi connectivity index (χ1v) is 19.9. The Balaban J connectivity index is 0.00000271. The maximum absolute atomic E-state index is 13.3. The van der Waals surface area contributed by atoms with Crippen molar-refractivity contribution in [3.05, 3.63) is 108 Å². The molecule has 56 heavy (non-hydrogen) atoms. The molecule has 0 aliphatic carbocycles. The maximum Gasteiger partial charge on any atom is 1.00 e. The van der Waals surface area contributed by atoms with Crippen molar-refractivity contribution in [2.75, 3.05) is 10.6 Å². The number of amides is 2. The Morgan fingerprint density at radius 3 is 1.05 bits per heavy atom. The molecule has 0 fully saturated rings. The van der Waals surface area contributed by atoms with E-state index in [9.17, 15) is 61.5 Å². The molecule has 0 saturated carbocycles. The molecule has 0 bridgehead atoms. The molecule has 0 atom stereocenters. The van der Waals surface area contributed by atoms with Gasteiger partial charge in [0.1, 0.15) is 40.5 Å². The van der Waals surface area contributed by atoms with E-state index >= 15 is 0 Å². The number of benzene rings is 6. The molecule has 0 radical (unpaired) electrons. The Morgan fingerprint density at radius 2 is 0.732 bits per heavy atom. The third kappa shape index (κ3) is 11.1. The van der Waals surface area contributed by atoms with Crippen LogP contribution in [0, 0.1) is 0 Å². The van der Waals surface area contributed by atoms with Crippen LogP contribution in [0.5, 0.6) is 0 Å². The van der Waals surface area contributed by atoms with E-state index in [1.807, 2.05) is 0 Å². The zero-order chi connectivity index (χ0) is 38.0. The van der Waals surface area contributed by atoms with Gasteiger partial charge in [0.05, 0.1) is 19.6 Å². The molecule has 2 N–H and O–H groups in total. The van der Waals surface area contributed by atoms with Gasteiger partial charge < -0.3 is 28.8 Å². The summed E-state index contributed by atoms with van der Waals surface area (Å²) in [6.45, 7) is 0. The van der Waals surface area contributed by atoms with Gasteiger partial charge in [-0.25, -0.2) is 33.7 Å². The van der Waals surface area contributed by atoms with Crippen LogP contribution in [-0.4, -0.2) is 63.7 Å². The second kappa shape index (κ2) is 18.9. The Kier molecular flexibility index (Phi) is 17.2. The summed E-state index contributed by atoms with van der Waals surface area (Å²) in [7, 11) is -20.7. The van der Waals surface area contributed by atoms with Crippen LogP contribution in [0.4, 0.5) is 11.4 Å². The Hall–Kier alpha value is -1.32. The van der Waals surface area contributed by atoms with Gasteiger partial charge in [0.2, 0.25) is 0 Å². The van der Waals surface area contributed by atoms with Crippen LogP contribution < -0.4 is 129 Å². The number of fused-ring (bicyclic) bond motifs is 3. The predicted molar refractivity (Wildman–Crippen MR) is 180 cm³/mol. The Morgan fingerprint density at radius 1 is 0.393 bits per heavy atom. The van der Waals surface area contributed by atoms with Crippen LogP contribution in [0.2, 0.25) is 0 Å². The standard InChI is InChI=1S/C32H22N2O14S4.4Na/c35-31(33-21-13-25-23(29(15-21)51(43,44)45)3-1-5-27(25)49(37,38)39)18-9-7-17-8-10-19(12-20(17)11-18)32(36)34-22-14-26-24(30(16-22)52(46,47)48)4-2-6-28(26)50(40,41)42;;;;/h1-16H,(H,33,35)(H,34,36)(H,37,38,39)(H,40,41,42)(H,43,44,45)(H,46,47,48);;;;/q;4*+1/p-4. The number of hydrogen-bond donors (Lipinski definition) is 2. The van der Waals surface area contributed by atoms with Gasteiger partial charge in [-0.05, 0) is 71.4 Å². The van der Waals surface area contributed by atoms with Crippen molar-refractivity contribution in [2.45, 2.75) is 19.6 Å². The summed E-state index contributed by atoms with van der Waals surface area (Å²) in [5, 5.41) is 3.99. The van der Waals surface area contributed by atoms with Gasteiger partial charge in [0, 0.05) is 44.0 Å². The molecule has 6 rings (SSSR count). The third-order valence-corrected chi connectivity index (χ3v) is 11.3. The molecular formula is C32H18N2Na4O14S4. The number of carbonyl (C=O) groups excluding carboxylic acids is 2. The topological polar surface area (TPSA) is 287 Å². The van der Waals surface area contributed by atoms with Crippen molar-refractivity contribution in [2.24, 2.45) is 0 Å². The number of rotatable bonds is 8. The van der Waals surface area contributed by atoms with Gasteiger partial charge in [-0.3, -0.25) is 9.59 Å². The van der Waals surface area contributed by atoms with Gasteiger partial charge in [-0.15, -0.1) is 0 Å². The van der Waals surface area contributed by atoms with Gasteiger partial charge in [0.15, 0.2) is 0 Å². The van der Waals surface area contributed by atoms with Crippen LogP contribution in [0.25, 0.3) is 32.3 Å². The zero-order valence-corrected chi connectivity index (χ0v) is 40.9. The average molecular weight is 875 g/mol. The summed E-state index contributed by atoms with van der Waals surface area (Å²) in [5.41, 5.74) is -0.793. The number of anilines is 2. The van der Waals surface area contributed by atoms with Crippen molar-refractivity contribution in [1.82, 2.24) is 0 Å². The summed E-state index contributed by atoms with van der Waals surface area (Å²) < 4.78 is 143. The molecule has 0 unspecified atom stereocenters. The molecule has 24 heteroatoms. The van der Waals surface area contributed by atoms with Crippen LogP contribution in [0.15, 0.2) is 117 Å². The minimum absolute atomic E-state index is 0. The number of hydrogen-bond acceptors (Lipinski definition) is 14. The molecule has 6 aromatic carbocycles. The molecular weight excluding hydrogens is 857 g/mol. The first-order valence-electron chi connectivity index (χ1n) is 14.2. The molecule has 0 spiro atoms. The van der Waals surface area contributed by atoms with Crippen LogP contribution in [0.3, 0.4) is 0 Å². The summed E-state index contributed by atoms with van der Waals surface area (Å²) in [6, 6.07) is 18.2. The maximum atomic E-state index is 13.3. The third-order valence-electron chi connectivity index (χ3n) is 7.79. The summed E-state index contributed by atoms with van der Waals surface area (Å²) in [4.78, 5) is 23.1. The molecule has 0 saturated heterocycles. The fraction of sp³-hybridized carbons (Fsp3) is 0. The van der Waals surface area contributed by atoms with Gasteiger partial charge >= 0.3 is 118 Å². The predicted octanol–water partition coefficient (Wildman–Crippen LogP) is -8.72. The van der Waals surface area contributed by atoms with E-state index in [1.165, 1.54) is 36.4 Å². The van der Waals surface area contributed by atoms with E-state index < -0.39 is 82.6 Å². The van der Waals surface area contributed by atoms with Crippen molar-refractivity contribution < 1.29 is 180 Å². The summed E-state index contributed by atoms with van der Waals surface area (Å²) in [6.07, 6.45) is 0. The fourth-order valence-corrected chi connectivity index (χ4v) is 8.38. The largest absolute Gasteiger partial charge is 1.00 e. The van der Waals surface area contributed by atoms with Crippen LogP contribution in [-0.2, 0) is 40.5 Å². The van der Waals surface area contributed by atoms with Crippen LogP contribution >= 0.6 is 0 Å². The Bertz CT molecular complexity index is 2820. The molecule has 0 aromatic heterocycles. The van der Waals surface area contributed by atoms with Gasteiger partial charge in [-0.2, -0.15) is 0 Å². The molecule has 0 heterocycles.